The standard InChI is InChI=1S/C19H33N5O7/c1-4-9(2)15(18(29)24-7-5-6-12(24)19(30)31)23-16(27)11(8-13(20)26)22-17(28)14(21)10(3)25/h9-12,14-15,25H,4-8,21H2,1-3H3,(H2,20,26)(H,22,28)(H,23,27)(H,30,31). The number of carboxylic acids is 1. The van der Waals surface area contributed by atoms with Crippen LogP contribution in [0.3, 0.4) is 0 Å². The first kappa shape index (κ1) is 26.3. The predicted octanol–water partition coefficient (Wildman–Crippen LogP) is -2.34. The van der Waals surface area contributed by atoms with Crippen molar-refractivity contribution in [2.24, 2.45) is 17.4 Å². The van der Waals surface area contributed by atoms with E-state index in [2.05, 4.69) is 10.6 Å². The first-order valence-electron chi connectivity index (χ1n) is 10.3. The minimum atomic E-state index is -1.41. The number of aliphatic hydroxyl groups excluding tert-OH is 1. The fourth-order valence-electron chi connectivity index (χ4n) is 3.30. The number of carbonyl (C=O) groups excluding carboxylic acids is 4. The Labute approximate surface area is 180 Å². The molecule has 0 aliphatic carbocycles. The van der Waals surface area contributed by atoms with Crippen molar-refractivity contribution in [2.45, 2.75) is 76.7 Å². The molecule has 1 heterocycles. The Morgan fingerprint density at radius 3 is 2.23 bits per heavy atom. The molecule has 4 amide bonds. The number of carbonyl (C=O) groups is 5. The molecule has 1 aliphatic heterocycles. The zero-order valence-corrected chi connectivity index (χ0v) is 18.0. The monoisotopic (exact) mass is 443 g/mol. The lowest BCUT2D eigenvalue weighted by atomic mass is 9.96. The Morgan fingerprint density at radius 2 is 1.74 bits per heavy atom. The van der Waals surface area contributed by atoms with Gasteiger partial charge in [0.25, 0.3) is 0 Å². The first-order chi connectivity index (χ1) is 14.4. The van der Waals surface area contributed by atoms with Crippen molar-refractivity contribution < 1.29 is 34.2 Å². The normalized spacial score (nSPS) is 20.8. The number of hydrogen-bond acceptors (Lipinski definition) is 7. The summed E-state index contributed by atoms with van der Waals surface area (Å²) in [5.41, 5.74) is 10.7. The SMILES string of the molecule is CCC(C)C(NC(=O)C(CC(N)=O)NC(=O)C(N)C(C)O)C(=O)N1CCCC1C(=O)O. The van der Waals surface area contributed by atoms with E-state index in [9.17, 15) is 34.2 Å². The molecule has 8 N–H and O–H groups in total. The maximum atomic E-state index is 13.1. The summed E-state index contributed by atoms with van der Waals surface area (Å²) in [4.78, 5) is 62.2. The number of nitrogens with one attached hydrogen (secondary N) is 2. The van der Waals surface area contributed by atoms with Gasteiger partial charge in [-0.15, -0.1) is 0 Å². The Hall–Kier alpha value is -2.73. The highest BCUT2D eigenvalue weighted by Crippen LogP contribution is 2.21. The summed E-state index contributed by atoms with van der Waals surface area (Å²) in [5.74, 6) is -4.59. The van der Waals surface area contributed by atoms with Crippen LogP contribution in [0, 0.1) is 5.92 Å². The lowest BCUT2D eigenvalue weighted by Gasteiger charge is -2.31. The average Bonchev–Trinajstić information content (AvgIpc) is 3.19. The average molecular weight is 444 g/mol. The fourth-order valence-corrected chi connectivity index (χ4v) is 3.30. The fraction of sp³-hybridized carbons (Fsp3) is 0.737. The number of hydrogen-bond donors (Lipinski definition) is 6. The number of carboxylic acid groups (broad SMARTS) is 1. The molecule has 1 rings (SSSR count). The summed E-state index contributed by atoms with van der Waals surface area (Å²) in [6, 6.07) is -4.78. The van der Waals surface area contributed by atoms with Crippen LogP contribution >= 0.6 is 0 Å². The molecule has 0 bridgehead atoms. The first-order valence-corrected chi connectivity index (χ1v) is 10.3. The molecule has 12 nitrogen and oxygen atoms in total. The van der Waals surface area contributed by atoms with E-state index in [4.69, 9.17) is 11.5 Å². The molecule has 31 heavy (non-hydrogen) atoms. The van der Waals surface area contributed by atoms with E-state index < -0.39 is 66.3 Å². The van der Waals surface area contributed by atoms with Crippen molar-refractivity contribution in [3.63, 3.8) is 0 Å². The smallest absolute Gasteiger partial charge is 0.326 e. The van der Waals surface area contributed by atoms with Crippen LogP contribution in [0.4, 0.5) is 0 Å². The van der Waals surface area contributed by atoms with Crippen molar-refractivity contribution >= 4 is 29.6 Å². The van der Waals surface area contributed by atoms with E-state index in [1.165, 1.54) is 11.8 Å². The summed E-state index contributed by atoms with van der Waals surface area (Å²) in [6.07, 6.45) is -0.397. The van der Waals surface area contributed by atoms with Gasteiger partial charge in [-0.1, -0.05) is 20.3 Å². The van der Waals surface area contributed by atoms with Crippen molar-refractivity contribution in [1.82, 2.24) is 15.5 Å². The predicted molar refractivity (Wildman–Crippen MR) is 109 cm³/mol. The van der Waals surface area contributed by atoms with Gasteiger partial charge in [-0.25, -0.2) is 4.79 Å². The molecular weight excluding hydrogens is 410 g/mol. The molecule has 0 spiro atoms. The quantitative estimate of drug-likeness (QED) is 0.203. The van der Waals surface area contributed by atoms with Crippen molar-refractivity contribution in [2.75, 3.05) is 6.54 Å². The number of nitrogens with two attached hydrogens (primary N) is 2. The van der Waals surface area contributed by atoms with Crippen LogP contribution in [0.1, 0.15) is 46.5 Å². The van der Waals surface area contributed by atoms with Crippen molar-refractivity contribution in [3.05, 3.63) is 0 Å². The minimum Gasteiger partial charge on any atom is -0.480 e. The molecular formula is C19H33N5O7. The molecule has 0 saturated carbocycles. The zero-order valence-electron chi connectivity index (χ0n) is 18.0. The summed E-state index contributed by atoms with van der Waals surface area (Å²) in [6.45, 7) is 5.07. The summed E-state index contributed by atoms with van der Waals surface area (Å²) in [7, 11) is 0. The molecule has 176 valence electrons. The Morgan fingerprint density at radius 1 is 1.13 bits per heavy atom. The number of amides is 4. The molecule has 12 heteroatoms. The van der Waals surface area contributed by atoms with Gasteiger partial charge in [-0.3, -0.25) is 19.2 Å². The topological polar surface area (TPSA) is 205 Å². The van der Waals surface area contributed by atoms with Gasteiger partial charge in [-0.2, -0.15) is 0 Å². The molecule has 0 radical (unpaired) electrons. The Kier molecular flexibility index (Phi) is 9.85. The summed E-state index contributed by atoms with van der Waals surface area (Å²) >= 11 is 0. The van der Waals surface area contributed by atoms with E-state index in [-0.39, 0.29) is 12.5 Å². The van der Waals surface area contributed by atoms with Gasteiger partial charge in [0.1, 0.15) is 24.2 Å². The van der Waals surface area contributed by atoms with Crippen LogP contribution in [-0.2, 0) is 24.0 Å². The number of primary amides is 1. The summed E-state index contributed by atoms with van der Waals surface area (Å²) in [5, 5.41) is 23.6. The third-order valence-electron chi connectivity index (χ3n) is 5.46. The highest BCUT2D eigenvalue weighted by atomic mass is 16.4. The van der Waals surface area contributed by atoms with E-state index in [0.29, 0.717) is 19.3 Å². The van der Waals surface area contributed by atoms with E-state index in [0.717, 1.165) is 0 Å². The molecule has 0 aromatic rings. The summed E-state index contributed by atoms with van der Waals surface area (Å²) < 4.78 is 0. The lowest BCUT2D eigenvalue weighted by Crippen LogP contribution is -2.60. The third kappa shape index (κ3) is 7.17. The van der Waals surface area contributed by atoms with Gasteiger partial charge in [-0.05, 0) is 25.7 Å². The largest absolute Gasteiger partial charge is 0.480 e. The second-order valence-electron chi connectivity index (χ2n) is 7.90. The molecule has 6 atom stereocenters. The maximum absolute atomic E-state index is 13.1. The Bertz CT molecular complexity index is 699. The highest BCUT2D eigenvalue weighted by Gasteiger charge is 2.40. The number of rotatable bonds is 11. The van der Waals surface area contributed by atoms with Gasteiger partial charge in [0.05, 0.1) is 12.5 Å². The van der Waals surface area contributed by atoms with E-state index in [1.807, 2.05) is 0 Å². The van der Waals surface area contributed by atoms with Crippen LogP contribution in [0.5, 0.6) is 0 Å². The Balaban J connectivity index is 3.05. The molecule has 1 fully saturated rings. The molecule has 6 unspecified atom stereocenters. The second kappa shape index (κ2) is 11.6. The van der Waals surface area contributed by atoms with Crippen LogP contribution < -0.4 is 22.1 Å². The van der Waals surface area contributed by atoms with Crippen LogP contribution in [-0.4, -0.2) is 81.5 Å². The van der Waals surface area contributed by atoms with Crippen molar-refractivity contribution in [1.29, 1.82) is 0 Å². The van der Waals surface area contributed by atoms with Crippen LogP contribution in [0.15, 0.2) is 0 Å². The van der Waals surface area contributed by atoms with Gasteiger partial charge >= 0.3 is 5.97 Å². The number of aliphatic hydroxyl groups is 1. The zero-order chi connectivity index (χ0) is 23.9. The van der Waals surface area contributed by atoms with Crippen molar-refractivity contribution in [3.8, 4) is 0 Å². The second-order valence-corrected chi connectivity index (χ2v) is 7.90. The highest BCUT2D eigenvalue weighted by molar-refractivity contribution is 5.96. The van der Waals surface area contributed by atoms with Crippen LogP contribution in [0.25, 0.3) is 0 Å². The van der Waals surface area contributed by atoms with Gasteiger partial charge in [0.2, 0.25) is 23.6 Å². The lowest BCUT2D eigenvalue weighted by molar-refractivity contribution is -0.150. The number of aliphatic carboxylic acids is 1. The molecule has 1 saturated heterocycles. The molecule has 0 aromatic heterocycles. The van der Waals surface area contributed by atoms with E-state index in [1.54, 1.807) is 13.8 Å². The minimum absolute atomic E-state index is 0.253. The number of nitrogens with zero attached hydrogens (tertiary/aromatic N) is 1. The maximum Gasteiger partial charge on any atom is 0.326 e. The van der Waals surface area contributed by atoms with Gasteiger partial charge in [0.15, 0.2) is 0 Å². The molecule has 0 aromatic carbocycles. The van der Waals surface area contributed by atoms with E-state index >= 15 is 0 Å². The number of likely N-dealkylation sites (tertiary alicyclic amines) is 1. The molecule has 1 aliphatic rings. The van der Waals surface area contributed by atoms with Gasteiger partial charge < -0.3 is 37.2 Å². The van der Waals surface area contributed by atoms with Gasteiger partial charge in [0, 0.05) is 6.54 Å². The third-order valence-corrected chi connectivity index (χ3v) is 5.46. The van der Waals surface area contributed by atoms with Crippen LogP contribution in [0.2, 0.25) is 0 Å².